The van der Waals surface area contributed by atoms with E-state index in [-0.39, 0.29) is 0 Å². The summed E-state index contributed by atoms with van der Waals surface area (Å²) in [5.41, 5.74) is 0. The van der Waals surface area contributed by atoms with Gasteiger partial charge in [-0.25, -0.2) is 0 Å². The third-order valence-corrected chi connectivity index (χ3v) is 0.998. The van der Waals surface area contributed by atoms with Gasteiger partial charge < -0.3 is 10.6 Å². The maximum atomic E-state index is 10.4. The zero-order valence-corrected chi connectivity index (χ0v) is 6.09. The lowest BCUT2D eigenvalue weighted by molar-refractivity contribution is -0.115. The minimum Gasteiger partial charge on any atom is -0.359 e. The third kappa shape index (κ3) is 6.38. The zero-order chi connectivity index (χ0) is 8.53. The van der Waals surface area contributed by atoms with Crippen LogP contribution < -0.4 is 10.6 Å². The van der Waals surface area contributed by atoms with Crippen molar-refractivity contribution in [3.63, 3.8) is 0 Å². The smallest absolute Gasteiger partial charge is 0.295 e. The Morgan fingerprint density at radius 3 is 2.82 bits per heavy atom. The van der Waals surface area contributed by atoms with E-state index in [4.69, 9.17) is 6.42 Å². The number of nitrogens with one attached hydrogen (secondary N) is 2. The average molecular weight is 154 g/mol. The molecule has 0 atom stereocenters. The maximum absolute atomic E-state index is 10.4. The molecule has 2 amide bonds. The Balaban J connectivity index is 3.09. The first-order chi connectivity index (χ1) is 5.31. The van der Waals surface area contributed by atoms with Crippen molar-refractivity contribution < 1.29 is 9.59 Å². The third-order valence-electron chi connectivity index (χ3n) is 0.998. The van der Waals surface area contributed by atoms with Crippen LogP contribution in [0.1, 0.15) is 6.42 Å². The average Bonchev–Trinajstić information content (AvgIpc) is 2.04. The van der Waals surface area contributed by atoms with Crippen LogP contribution >= 0.6 is 0 Å². The topological polar surface area (TPSA) is 58.2 Å². The normalized spacial score (nSPS) is 7.91. The SMILES string of the molecule is C#CC(=O)NCCCNC=O. The molecule has 4 nitrogen and oxygen atoms in total. The summed E-state index contributed by atoms with van der Waals surface area (Å²) >= 11 is 0. The number of amides is 2. The highest BCUT2D eigenvalue weighted by molar-refractivity contribution is 5.92. The van der Waals surface area contributed by atoms with Crippen molar-refractivity contribution in [1.29, 1.82) is 0 Å². The molecule has 11 heavy (non-hydrogen) atoms. The lowest BCUT2D eigenvalue weighted by Crippen LogP contribution is -2.25. The quantitative estimate of drug-likeness (QED) is 0.299. The van der Waals surface area contributed by atoms with E-state index in [1.807, 2.05) is 5.92 Å². The number of hydrogen-bond acceptors (Lipinski definition) is 2. The van der Waals surface area contributed by atoms with Crippen LogP contribution in [0.3, 0.4) is 0 Å². The Hall–Kier alpha value is -1.50. The monoisotopic (exact) mass is 154 g/mol. The van der Waals surface area contributed by atoms with E-state index in [0.717, 1.165) is 0 Å². The maximum Gasteiger partial charge on any atom is 0.295 e. The van der Waals surface area contributed by atoms with Crippen LogP contribution in [-0.2, 0) is 9.59 Å². The van der Waals surface area contributed by atoms with Crippen molar-refractivity contribution in [3.8, 4) is 12.3 Å². The predicted octanol–water partition coefficient (Wildman–Crippen LogP) is -1.13. The van der Waals surface area contributed by atoms with Gasteiger partial charge in [-0.1, -0.05) is 0 Å². The van der Waals surface area contributed by atoms with Gasteiger partial charge >= 0.3 is 0 Å². The molecule has 0 radical (unpaired) electrons. The minimum atomic E-state index is -0.420. The molecule has 0 aliphatic heterocycles. The molecule has 0 saturated heterocycles. The zero-order valence-electron chi connectivity index (χ0n) is 6.09. The van der Waals surface area contributed by atoms with E-state index in [0.29, 0.717) is 25.9 Å². The molecule has 2 N–H and O–H groups in total. The van der Waals surface area contributed by atoms with Gasteiger partial charge in [-0.3, -0.25) is 9.59 Å². The second kappa shape index (κ2) is 6.62. The second-order valence-corrected chi connectivity index (χ2v) is 1.83. The Bertz CT molecular complexity index is 172. The van der Waals surface area contributed by atoms with Crippen LogP contribution in [0.5, 0.6) is 0 Å². The first-order valence-electron chi connectivity index (χ1n) is 3.22. The van der Waals surface area contributed by atoms with E-state index in [1.165, 1.54) is 0 Å². The summed E-state index contributed by atoms with van der Waals surface area (Å²) in [5.74, 6) is 1.50. The van der Waals surface area contributed by atoms with Gasteiger partial charge in [0.25, 0.3) is 5.91 Å². The van der Waals surface area contributed by atoms with Gasteiger partial charge in [-0.15, -0.1) is 6.42 Å². The molecular formula is C7H10N2O2. The van der Waals surface area contributed by atoms with Gasteiger partial charge in [0.15, 0.2) is 0 Å². The van der Waals surface area contributed by atoms with Crippen LogP contribution in [0.25, 0.3) is 0 Å². The number of rotatable bonds is 5. The van der Waals surface area contributed by atoms with E-state index in [1.54, 1.807) is 0 Å². The number of carbonyl (C=O) groups excluding carboxylic acids is 2. The highest BCUT2D eigenvalue weighted by Gasteiger charge is 1.91. The van der Waals surface area contributed by atoms with Crippen molar-refractivity contribution in [2.75, 3.05) is 13.1 Å². The summed E-state index contributed by atoms with van der Waals surface area (Å²) in [6.07, 6.45) is 6.08. The summed E-state index contributed by atoms with van der Waals surface area (Å²) < 4.78 is 0. The molecule has 0 bridgehead atoms. The van der Waals surface area contributed by atoms with E-state index in [9.17, 15) is 9.59 Å². The van der Waals surface area contributed by atoms with Crippen molar-refractivity contribution in [3.05, 3.63) is 0 Å². The summed E-state index contributed by atoms with van der Waals surface area (Å²) in [6, 6.07) is 0. The molecule has 0 aromatic carbocycles. The standard InChI is InChI=1S/C7H10N2O2/c1-2-7(11)9-5-3-4-8-6-10/h1,6H,3-5H2,(H,8,10)(H,9,11). The fourth-order valence-electron chi connectivity index (χ4n) is 0.502. The summed E-state index contributed by atoms with van der Waals surface area (Å²) in [6.45, 7) is 1.04. The van der Waals surface area contributed by atoms with Gasteiger partial charge in [0.2, 0.25) is 6.41 Å². The Morgan fingerprint density at radius 1 is 1.55 bits per heavy atom. The fraction of sp³-hybridized carbons (Fsp3) is 0.429. The van der Waals surface area contributed by atoms with Gasteiger partial charge in [-0.05, 0) is 12.3 Å². The molecule has 0 aromatic heterocycles. The Morgan fingerprint density at radius 2 is 2.27 bits per heavy atom. The van der Waals surface area contributed by atoms with Crippen molar-refractivity contribution in [1.82, 2.24) is 10.6 Å². The van der Waals surface area contributed by atoms with E-state index < -0.39 is 5.91 Å². The molecule has 0 aliphatic carbocycles. The highest BCUT2D eigenvalue weighted by atomic mass is 16.1. The lowest BCUT2D eigenvalue weighted by atomic mass is 10.4. The van der Waals surface area contributed by atoms with Crippen LogP contribution in [-0.4, -0.2) is 25.4 Å². The van der Waals surface area contributed by atoms with Gasteiger partial charge in [-0.2, -0.15) is 0 Å². The number of terminal acetylenes is 1. The van der Waals surface area contributed by atoms with Crippen LogP contribution in [0.4, 0.5) is 0 Å². The van der Waals surface area contributed by atoms with E-state index >= 15 is 0 Å². The molecule has 0 rings (SSSR count). The molecule has 0 aromatic rings. The largest absolute Gasteiger partial charge is 0.359 e. The lowest BCUT2D eigenvalue weighted by Gasteiger charge is -1.99. The number of carbonyl (C=O) groups is 2. The van der Waals surface area contributed by atoms with Crippen LogP contribution in [0.2, 0.25) is 0 Å². The van der Waals surface area contributed by atoms with Crippen molar-refractivity contribution in [2.45, 2.75) is 6.42 Å². The fourth-order valence-corrected chi connectivity index (χ4v) is 0.502. The molecule has 0 saturated carbocycles. The van der Waals surface area contributed by atoms with Gasteiger partial charge in [0.1, 0.15) is 0 Å². The highest BCUT2D eigenvalue weighted by Crippen LogP contribution is 1.71. The molecule has 4 heteroatoms. The molecule has 0 spiro atoms. The molecule has 60 valence electrons. The first-order valence-corrected chi connectivity index (χ1v) is 3.22. The van der Waals surface area contributed by atoms with Crippen LogP contribution in [0.15, 0.2) is 0 Å². The van der Waals surface area contributed by atoms with Gasteiger partial charge in [0.05, 0.1) is 0 Å². The molecule has 0 fully saturated rings. The molecular weight excluding hydrogens is 144 g/mol. The summed E-state index contributed by atoms with van der Waals surface area (Å²) in [5, 5.41) is 4.92. The molecule has 0 aliphatic rings. The number of hydrogen-bond donors (Lipinski definition) is 2. The summed E-state index contributed by atoms with van der Waals surface area (Å²) in [4.78, 5) is 20.1. The minimum absolute atomic E-state index is 0.420. The predicted molar refractivity (Wildman–Crippen MR) is 40.5 cm³/mol. The van der Waals surface area contributed by atoms with E-state index in [2.05, 4.69) is 10.6 Å². The van der Waals surface area contributed by atoms with Gasteiger partial charge in [0, 0.05) is 13.1 Å². The Labute approximate surface area is 65.4 Å². The molecule has 0 unspecified atom stereocenters. The van der Waals surface area contributed by atoms with Crippen LogP contribution in [0, 0.1) is 12.3 Å². The van der Waals surface area contributed by atoms with Crippen molar-refractivity contribution >= 4 is 12.3 Å². The van der Waals surface area contributed by atoms with Crippen molar-refractivity contribution in [2.24, 2.45) is 0 Å². The first kappa shape index (κ1) is 9.50. The Kier molecular flexibility index (Phi) is 5.72. The summed E-state index contributed by atoms with van der Waals surface area (Å²) in [7, 11) is 0. The second-order valence-electron chi connectivity index (χ2n) is 1.83. The molecule has 0 heterocycles.